The Kier molecular flexibility index (Phi) is 3.46. The Morgan fingerprint density at radius 1 is 1.38 bits per heavy atom. The van der Waals surface area contributed by atoms with Crippen LogP contribution in [0, 0.1) is 0 Å². The van der Waals surface area contributed by atoms with Crippen molar-refractivity contribution in [2.24, 2.45) is 0 Å². The molecule has 0 bridgehead atoms. The van der Waals surface area contributed by atoms with Crippen LogP contribution in [0.4, 0.5) is 0 Å². The van der Waals surface area contributed by atoms with Gasteiger partial charge in [0.15, 0.2) is 4.96 Å². The number of carboxylic acid groups (broad SMARTS) is 1. The smallest absolute Gasteiger partial charge is 0.326 e. The number of hydrogen-bond donors (Lipinski definition) is 1. The number of likely N-dealkylation sites (tertiary alicyclic amines) is 1. The summed E-state index contributed by atoms with van der Waals surface area (Å²) >= 11 is 1.30. The molecule has 3 rings (SSSR count). The number of thiazole rings is 1. The average molecular weight is 307 g/mol. The van der Waals surface area contributed by atoms with Crippen molar-refractivity contribution in [3.05, 3.63) is 33.7 Å². The van der Waals surface area contributed by atoms with E-state index >= 15 is 0 Å². The fourth-order valence-corrected chi connectivity index (χ4v) is 3.23. The Bertz CT molecular complexity index is 766. The Morgan fingerprint density at radius 2 is 2.19 bits per heavy atom. The summed E-state index contributed by atoms with van der Waals surface area (Å²) in [6.07, 6.45) is 4.71. The van der Waals surface area contributed by atoms with E-state index in [4.69, 9.17) is 0 Å². The van der Waals surface area contributed by atoms with Crippen LogP contribution in [-0.4, -0.2) is 43.9 Å². The minimum atomic E-state index is -1.03. The number of fused-ring (bicyclic) bond motifs is 1. The molecule has 0 spiro atoms. The van der Waals surface area contributed by atoms with Gasteiger partial charge in [-0.3, -0.25) is 14.0 Å². The lowest BCUT2D eigenvalue weighted by Crippen LogP contribution is -2.49. The Balaban J connectivity index is 2.01. The molecular weight excluding hydrogens is 294 g/mol. The van der Waals surface area contributed by atoms with E-state index in [-0.39, 0.29) is 5.56 Å². The Hall–Kier alpha value is -2.22. The van der Waals surface area contributed by atoms with E-state index in [2.05, 4.69) is 4.98 Å². The summed E-state index contributed by atoms with van der Waals surface area (Å²) in [6, 6.07) is -0.867. The van der Waals surface area contributed by atoms with Crippen molar-refractivity contribution in [2.45, 2.75) is 25.3 Å². The van der Waals surface area contributed by atoms with Crippen LogP contribution in [0.1, 0.15) is 29.6 Å². The van der Waals surface area contributed by atoms with Gasteiger partial charge >= 0.3 is 5.97 Å². The van der Waals surface area contributed by atoms with Crippen LogP contribution in [0.25, 0.3) is 4.96 Å². The van der Waals surface area contributed by atoms with Crippen molar-refractivity contribution in [2.75, 3.05) is 6.54 Å². The van der Waals surface area contributed by atoms with Gasteiger partial charge in [-0.2, -0.15) is 0 Å². The summed E-state index contributed by atoms with van der Waals surface area (Å²) < 4.78 is 1.30. The highest BCUT2D eigenvalue weighted by Gasteiger charge is 2.33. The molecule has 1 amide bonds. The maximum absolute atomic E-state index is 12.5. The van der Waals surface area contributed by atoms with E-state index in [1.54, 1.807) is 11.6 Å². The lowest BCUT2D eigenvalue weighted by Gasteiger charge is -2.32. The number of hydrogen-bond acceptors (Lipinski definition) is 5. The van der Waals surface area contributed by atoms with E-state index in [1.165, 1.54) is 26.8 Å². The molecule has 1 atom stereocenters. The molecule has 8 heteroatoms. The zero-order valence-electron chi connectivity index (χ0n) is 11.1. The third-order valence-corrected chi connectivity index (χ3v) is 4.39. The third kappa shape index (κ3) is 2.31. The second-order valence-corrected chi connectivity index (χ2v) is 5.75. The van der Waals surface area contributed by atoms with Gasteiger partial charge in [0.05, 0.1) is 0 Å². The topological polar surface area (TPSA) is 92.0 Å². The van der Waals surface area contributed by atoms with Crippen molar-refractivity contribution in [3.63, 3.8) is 0 Å². The van der Waals surface area contributed by atoms with E-state index in [0.29, 0.717) is 17.9 Å². The summed E-state index contributed by atoms with van der Waals surface area (Å²) in [5.41, 5.74) is -0.542. The van der Waals surface area contributed by atoms with Gasteiger partial charge in [-0.1, -0.05) is 0 Å². The number of carbonyl (C=O) groups is 2. The summed E-state index contributed by atoms with van der Waals surface area (Å²) in [5.74, 6) is -1.59. The van der Waals surface area contributed by atoms with Gasteiger partial charge in [-0.15, -0.1) is 11.3 Å². The van der Waals surface area contributed by atoms with Crippen molar-refractivity contribution < 1.29 is 14.7 Å². The monoisotopic (exact) mass is 307 g/mol. The van der Waals surface area contributed by atoms with E-state index < -0.39 is 23.5 Å². The van der Waals surface area contributed by atoms with E-state index in [1.807, 2.05) is 0 Å². The zero-order valence-corrected chi connectivity index (χ0v) is 11.9. The quantitative estimate of drug-likeness (QED) is 0.887. The van der Waals surface area contributed by atoms with Crippen LogP contribution >= 0.6 is 11.3 Å². The van der Waals surface area contributed by atoms with Crippen molar-refractivity contribution >= 4 is 28.2 Å². The molecule has 21 heavy (non-hydrogen) atoms. The molecule has 0 saturated carbocycles. The molecule has 0 aliphatic carbocycles. The second kappa shape index (κ2) is 5.28. The Morgan fingerprint density at radius 3 is 2.95 bits per heavy atom. The average Bonchev–Trinajstić information content (AvgIpc) is 2.96. The first kappa shape index (κ1) is 13.7. The zero-order chi connectivity index (χ0) is 15.0. The minimum absolute atomic E-state index is 0.0842. The van der Waals surface area contributed by atoms with Gasteiger partial charge in [0, 0.05) is 24.3 Å². The van der Waals surface area contributed by atoms with E-state index in [9.17, 15) is 19.5 Å². The molecule has 1 fully saturated rings. The van der Waals surface area contributed by atoms with Gasteiger partial charge in [0.25, 0.3) is 11.5 Å². The standard InChI is InChI=1S/C13H13N3O4S/c17-10(15-4-2-1-3-9(15)12(19)20)8-7-14-13-16(11(8)18)5-6-21-13/h5-7,9H,1-4H2,(H,19,20). The number of piperidine rings is 1. The first-order valence-corrected chi connectivity index (χ1v) is 7.46. The molecule has 0 radical (unpaired) electrons. The van der Waals surface area contributed by atoms with Crippen LogP contribution in [0.15, 0.2) is 22.6 Å². The van der Waals surface area contributed by atoms with Crippen molar-refractivity contribution in [1.82, 2.24) is 14.3 Å². The lowest BCUT2D eigenvalue weighted by atomic mass is 10.0. The summed E-state index contributed by atoms with van der Waals surface area (Å²) in [6.45, 7) is 0.349. The second-order valence-electron chi connectivity index (χ2n) is 4.88. The number of carbonyl (C=O) groups excluding carboxylic acids is 1. The largest absolute Gasteiger partial charge is 0.480 e. The summed E-state index contributed by atoms with van der Waals surface area (Å²) in [5, 5.41) is 10.9. The highest BCUT2D eigenvalue weighted by molar-refractivity contribution is 7.15. The van der Waals surface area contributed by atoms with E-state index in [0.717, 1.165) is 12.8 Å². The maximum Gasteiger partial charge on any atom is 0.326 e. The number of nitrogens with zero attached hydrogens (tertiary/aromatic N) is 3. The van der Waals surface area contributed by atoms with Crippen LogP contribution in [0.3, 0.4) is 0 Å². The number of amides is 1. The van der Waals surface area contributed by atoms with Crippen LogP contribution in [0.5, 0.6) is 0 Å². The minimum Gasteiger partial charge on any atom is -0.480 e. The van der Waals surface area contributed by atoms with Gasteiger partial charge in [0.2, 0.25) is 0 Å². The molecule has 0 aromatic carbocycles. The molecule has 1 saturated heterocycles. The number of aromatic nitrogens is 2. The lowest BCUT2D eigenvalue weighted by molar-refractivity contribution is -0.143. The van der Waals surface area contributed by atoms with Crippen LogP contribution in [0.2, 0.25) is 0 Å². The SMILES string of the molecule is O=C(O)C1CCCCN1C(=O)c1cnc2sccn2c1=O. The third-order valence-electron chi connectivity index (χ3n) is 3.62. The predicted octanol–water partition coefficient (Wildman–Crippen LogP) is 0.835. The maximum atomic E-state index is 12.5. The molecule has 2 aromatic heterocycles. The summed E-state index contributed by atoms with van der Waals surface area (Å²) in [7, 11) is 0. The molecule has 110 valence electrons. The predicted molar refractivity (Wildman–Crippen MR) is 75.7 cm³/mol. The molecule has 2 aromatic rings. The molecule has 1 aliphatic heterocycles. The fraction of sp³-hybridized carbons (Fsp3) is 0.385. The van der Waals surface area contributed by atoms with Gasteiger partial charge in [0.1, 0.15) is 11.6 Å². The number of aliphatic carboxylic acids is 1. The highest BCUT2D eigenvalue weighted by Crippen LogP contribution is 2.19. The number of carboxylic acids is 1. The van der Waals surface area contributed by atoms with Crippen molar-refractivity contribution in [1.29, 1.82) is 0 Å². The van der Waals surface area contributed by atoms with Gasteiger partial charge in [-0.05, 0) is 19.3 Å². The number of rotatable bonds is 2. The molecule has 3 heterocycles. The van der Waals surface area contributed by atoms with Crippen molar-refractivity contribution in [3.8, 4) is 0 Å². The van der Waals surface area contributed by atoms with Crippen LogP contribution in [-0.2, 0) is 4.79 Å². The molecule has 7 nitrogen and oxygen atoms in total. The molecule has 1 aliphatic rings. The first-order chi connectivity index (χ1) is 10.1. The first-order valence-electron chi connectivity index (χ1n) is 6.58. The summed E-state index contributed by atoms with van der Waals surface area (Å²) in [4.78, 5) is 41.9. The highest BCUT2D eigenvalue weighted by atomic mass is 32.1. The Labute approximate surface area is 123 Å². The van der Waals surface area contributed by atoms with Gasteiger partial charge < -0.3 is 10.0 Å². The molecule has 1 N–H and O–H groups in total. The molecule has 1 unspecified atom stereocenters. The normalized spacial score (nSPS) is 18.9. The molecular formula is C13H13N3O4S. The van der Waals surface area contributed by atoms with Crippen LogP contribution < -0.4 is 5.56 Å². The fourth-order valence-electron chi connectivity index (χ4n) is 2.56. The van der Waals surface area contributed by atoms with Gasteiger partial charge in [-0.25, -0.2) is 9.78 Å².